The van der Waals surface area contributed by atoms with Gasteiger partial charge in [-0.25, -0.2) is 18.7 Å². The Bertz CT molecular complexity index is 995. The van der Waals surface area contributed by atoms with Gasteiger partial charge in [-0.05, 0) is 42.8 Å². The van der Waals surface area contributed by atoms with Crippen molar-refractivity contribution in [2.75, 3.05) is 17.7 Å². The molecule has 0 fully saturated rings. The standard InChI is InChI=1S/C19H16F2N4O2/c1-11-3-6-17(27-2)16(9-11)24-18(26)15-7-8-22-19(25-15)23-12-4-5-13(20)14(21)10-12/h3-10H,1-2H3,(H,24,26)(H,22,23,25). The maximum Gasteiger partial charge on any atom is 0.274 e. The van der Waals surface area contributed by atoms with Crippen molar-refractivity contribution in [3.05, 3.63) is 71.6 Å². The molecule has 0 aliphatic heterocycles. The highest BCUT2D eigenvalue weighted by Crippen LogP contribution is 2.25. The first-order valence-electron chi connectivity index (χ1n) is 7.97. The molecule has 3 rings (SSSR count). The lowest BCUT2D eigenvalue weighted by molar-refractivity contribution is 0.102. The van der Waals surface area contributed by atoms with Gasteiger partial charge in [-0.1, -0.05) is 6.07 Å². The summed E-state index contributed by atoms with van der Waals surface area (Å²) in [6, 6.07) is 10.1. The van der Waals surface area contributed by atoms with Crippen molar-refractivity contribution in [1.29, 1.82) is 0 Å². The lowest BCUT2D eigenvalue weighted by Gasteiger charge is -2.11. The Balaban J connectivity index is 1.79. The van der Waals surface area contributed by atoms with Gasteiger partial charge in [0.05, 0.1) is 12.8 Å². The molecular formula is C19H16F2N4O2. The minimum atomic E-state index is -1.000. The molecule has 0 unspecified atom stereocenters. The molecule has 1 aromatic heterocycles. The van der Waals surface area contributed by atoms with E-state index in [0.29, 0.717) is 11.4 Å². The van der Waals surface area contributed by atoms with Crippen molar-refractivity contribution in [1.82, 2.24) is 9.97 Å². The number of anilines is 3. The van der Waals surface area contributed by atoms with E-state index in [9.17, 15) is 13.6 Å². The van der Waals surface area contributed by atoms with Crippen LogP contribution < -0.4 is 15.4 Å². The SMILES string of the molecule is COc1ccc(C)cc1NC(=O)c1ccnc(Nc2ccc(F)c(F)c2)n1. The Kier molecular flexibility index (Phi) is 5.25. The van der Waals surface area contributed by atoms with Crippen LogP contribution in [-0.2, 0) is 0 Å². The first kappa shape index (κ1) is 18.2. The normalized spacial score (nSPS) is 10.4. The third-order valence-corrected chi connectivity index (χ3v) is 3.67. The van der Waals surface area contributed by atoms with E-state index in [1.54, 1.807) is 12.1 Å². The van der Waals surface area contributed by atoms with E-state index in [4.69, 9.17) is 4.74 Å². The number of aromatic nitrogens is 2. The van der Waals surface area contributed by atoms with Crippen LogP contribution in [-0.4, -0.2) is 23.0 Å². The minimum absolute atomic E-state index is 0.0739. The Morgan fingerprint density at radius 1 is 1.07 bits per heavy atom. The summed E-state index contributed by atoms with van der Waals surface area (Å²) >= 11 is 0. The molecule has 6 nitrogen and oxygen atoms in total. The molecule has 0 radical (unpaired) electrons. The van der Waals surface area contributed by atoms with E-state index in [1.165, 1.54) is 25.4 Å². The van der Waals surface area contributed by atoms with Gasteiger partial charge in [0.1, 0.15) is 11.4 Å². The third kappa shape index (κ3) is 4.35. The van der Waals surface area contributed by atoms with Crippen LogP contribution in [0.15, 0.2) is 48.7 Å². The summed E-state index contributed by atoms with van der Waals surface area (Å²) in [6.07, 6.45) is 1.39. The number of rotatable bonds is 5. The highest BCUT2D eigenvalue weighted by molar-refractivity contribution is 6.03. The Labute approximate surface area is 154 Å². The van der Waals surface area contributed by atoms with Crippen LogP contribution in [0.1, 0.15) is 16.1 Å². The molecule has 138 valence electrons. The molecule has 2 N–H and O–H groups in total. The zero-order valence-electron chi connectivity index (χ0n) is 14.6. The second-order valence-corrected chi connectivity index (χ2v) is 5.68. The number of nitrogens with zero attached hydrogens (tertiary/aromatic N) is 2. The van der Waals surface area contributed by atoms with Crippen LogP contribution in [0.25, 0.3) is 0 Å². The number of methoxy groups -OCH3 is 1. The number of hydrogen-bond acceptors (Lipinski definition) is 5. The van der Waals surface area contributed by atoms with Gasteiger partial charge < -0.3 is 15.4 Å². The summed E-state index contributed by atoms with van der Waals surface area (Å²) < 4.78 is 31.5. The lowest BCUT2D eigenvalue weighted by Crippen LogP contribution is -2.15. The third-order valence-electron chi connectivity index (χ3n) is 3.67. The van der Waals surface area contributed by atoms with Crippen molar-refractivity contribution in [2.24, 2.45) is 0 Å². The van der Waals surface area contributed by atoms with Gasteiger partial charge >= 0.3 is 0 Å². The monoisotopic (exact) mass is 370 g/mol. The summed E-state index contributed by atoms with van der Waals surface area (Å²) in [5, 5.41) is 5.46. The molecule has 0 spiro atoms. The number of hydrogen-bond donors (Lipinski definition) is 2. The van der Waals surface area contributed by atoms with Crippen molar-refractivity contribution in [2.45, 2.75) is 6.92 Å². The minimum Gasteiger partial charge on any atom is -0.495 e. The molecular weight excluding hydrogens is 354 g/mol. The smallest absolute Gasteiger partial charge is 0.274 e. The predicted octanol–water partition coefficient (Wildman–Crippen LogP) is 4.07. The zero-order chi connectivity index (χ0) is 19.4. The molecule has 0 atom stereocenters. The summed E-state index contributed by atoms with van der Waals surface area (Å²) in [5.41, 5.74) is 1.82. The largest absolute Gasteiger partial charge is 0.495 e. The van der Waals surface area contributed by atoms with Crippen LogP contribution in [0, 0.1) is 18.6 Å². The van der Waals surface area contributed by atoms with Crippen molar-refractivity contribution in [3.63, 3.8) is 0 Å². The number of nitrogens with one attached hydrogen (secondary N) is 2. The van der Waals surface area contributed by atoms with Gasteiger partial charge in [0.25, 0.3) is 5.91 Å². The molecule has 3 aromatic rings. The highest BCUT2D eigenvalue weighted by atomic mass is 19.2. The summed E-state index contributed by atoms with van der Waals surface area (Å²) in [7, 11) is 1.51. The fraction of sp³-hybridized carbons (Fsp3) is 0.105. The molecule has 8 heteroatoms. The molecule has 1 amide bonds. The second-order valence-electron chi connectivity index (χ2n) is 5.68. The molecule has 2 aromatic carbocycles. The fourth-order valence-electron chi connectivity index (χ4n) is 2.35. The lowest BCUT2D eigenvalue weighted by atomic mass is 10.2. The van der Waals surface area contributed by atoms with E-state index in [1.807, 2.05) is 13.0 Å². The van der Waals surface area contributed by atoms with Gasteiger partial charge in [0, 0.05) is 18.0 Å². The summed E-state index contributed by atoms with van der Waals surface area (Å²) in [5.74, 6) is -1.83. The van der Waals surface area contributed by atoms with Crippen LogP contribution in [0.5, 0.6) is 5.75 Å². The maximum absolute atomic E-state index is 13.3. The first-order chi connectivity index (χ1) is 13.0. The summed E-state index contributed by atoms with van der Waals surface area (Å²) in [4.78, 5) is 20.6. The van der Waals surface area contributed by atoms with Crippen molar-refractivity contribution < 1.29 is 18.3 Å². The number of carbonyl (C=O) groups excluding carboxylic acids is 1. The number of ether oxygens (including phenoxy) is 1. The molecule has 0 aliphatic rings. The number of halogens is 2. The van der Waals surface area contributed by atoms with Crippen molar-refractivity contribution >= 4 is 23.2 Å². The number of aryl methyl sites for hydroxylation is 1. The van der Waals surface area contributed by atoms with E-state index < -0.39 is 17.5 Å². The van der Waals surface area contributed by atoms with Gasteiger partial charge in [0.15, 0.2) is 11.6 Å². The average molecular weight is 370 g/mol. The van der Waals surface area contributed by atoms with E-state index >= 15 is 0 Å². The number of carbonyl (C=O) groups is 1. The molecule has 0 bridgehead atoms. The zero-order valence-corrected chi connectivity index (χ0v) is 14.6. The topological polar surface area (TPSA) is 76.1 Å². The second kappa shape index (κ2) is 7.77. The van der Waals surface area contributed by atoms with Gasteiger partial charge in [-0.3, -0.25) is 4.79 Å². The fourth-order valence-corrected chi connectivity index (χ4v) is 2.35. The Hall–Kier alpha value is -3.55. The van der Waals surface area contributed by atoms with Crippen LogP contribution in [0.2, 0.25) is 0 Å². The predicted molar refractivity (Wildman–Crippen MR) is 97.4 cm³/mol. The van der Waals surface area contributed by atoms with Crippen molar-refractivity contribution in [3.8, 4) is 5.75 Å². The van der Waals surface area contributed by atoms with E-state index in [0.717, 1.165) is 17.7 Å². The quantitative estimate of drug-likeness (QED) is 0.708. The van der Waals surface area contributed by atoms with Gasteiger partial charge in [-0.2, -0.15) is 0 Å². The molecule has 0 saturated carbocycles. The van der Waals surface area contributed by atoms with Crippen LogP contribution in [0.4, 0.5) is 26.1 Å². The maximum atomic E-state index is 13.3. The molecule has 1 heterocycles. The molecule has 0 saturated heterocycles. The molecule has 0 aliphatic carbocycles. The Morgan fingerprint density at radius 2 is 1.89 bits per heavy atom. The van der Waals surface area contributed by atoms with Gasteiger partial charge in [0.2, 0.25) is 5.95 Å². The Morgan fingerprint density at radius 3 is 2.63 bits per heavy atom. The molecule has 27 heavy (non-hydrogen) atoms. The highest BCUT2D eigenvalue weighted by Gasteiger charge is 2.13. The van der Waals surface area contributed by atoms with Crippen LogP contribution >= 0.6 is 0 Å². The number of amides is 1. The van der Waals surface area contributed by atoms with E-state index in [2.05, 4.69) is 20.6 Å². The van der Waals surface area contributed by atoms with Crippen LogP contribution in [0.3, 0.4) is 0 Å². The average Bonchev–Trinajstić information content (AvgIpc) is 2.65. The van der Waals surface area contributed by atoms with Gasteiger partial charge in [-0.15, -0.1) is 0 Å². The number of benzene rings is 2. The van der Waals surface area contributed by atoms with E-state index in [-0.39, 0.29) is 17.3 Å². The first-order valence-corrected chi connectivity index (χ1v) is 7.97. The summed E-state index contributed by atoms with van der Waals surface area (Å²) in [6.45, 7) is 1.89.